The number of amides is 1. The first kappa shape index (κ1) is 17.8. The Labute approximate surface area is 138 Å². The Morgan fingerprint density at radius 3 is 2.61 bits per heavy atom. The van der Waals surface area contributed by atoms with Crippen LogP contribution >= 0.6 is 0 Å². The molecule has 1 aromatic carbocycles. The molecule has 1 heterocycles. The van der Waals surface area contributed by atoms with Gasteiger partial charge in [-0.15, -0.1) is 0 Å². The van der Waals surface area contributed by atoms with Crippen LogP contribution in [0.25, 0.3) is 0 Å². The molecule has 1 N–H and O–H groups in total. The monoisotopic (exact) mass is 339 g/mol. The van der Waals surface area contributed by atoms with E-state index in [1.807, 2.05) is 31.2 Å². The van der Waals surface area contributed by atoms with Gasteiger partial charge in [0.25, 0.3) is 0 Å². The van der Waals surface area contributed by atoms with Crippen LogP contribution in [-0.4, -0.2) is 39.0 Å². The molecule has 1 aliphatic rings. The number of hydrogen-bond acceptors (Lipinski definition) is 4. The lowest BCUT2D eigenvalue weighted by atomic mass is 10.0. The quantitative estimate of drug-likeness (QED) is 0.824. The molecule has 0 aromatic heterocycles. The highest BCUT2D eigenvalue weighted by Gasteiger charge is 2.29. The van der Waals surface area contributed by atoms with Gasteiger partial charge in [-0.3, -0.25) is 4.79 Å². The van der Waals surface area contributed by atoms with Crippen molar-refractivity contribution in [3.05, 3.63) is 29.8 Å². The number of sulfone groups is 1. The summed E-state index contributed by atoms with van der Waals surface area (Å²) >= 11 is 0. The fourth-order valence-corrected chi connectivity index (χ4v) is 4.74. The summed E-state index contributed by atoms with van der Waals surface area (Å²) in [5.41, 5.74) is 1.20. The van der Waals surface area contributed by atoms with Crippen LogP contribution in [0, 0.1) is 5.92 Å². The minimum Gasteiger partial charge on any atom is -0.497 e. The van der Waals surface area contributed by atoms with E-state index < -0.39 is 9.84 Å². The Morgan fingerprint density at radius 2 is 2.04 bits per heavy atom. The second kappa shape index (κ2) is 7.81. The summed E-state index contributed by atoms with van der Waals surface area (Å²) in [5.74, 6) is 1.14. The third-order valence-corrected chi connectivity index (χ3v) is 6.07. The van der Waals surface area contributed by atoms with Gasteiger partial charge in [-0.2, -0.15) is 0 Å². The predicted octanol–water partition coefficient (Wildman–Crippen LogP) is 1.96. The molecular formula is C17H25NO4S. The molecule has 2 rings (SSSR count). The van der Waals surface area contributed by atoms with Gasteiger partial charge in [-0.1, -0.05) is 12.1 Å². The molecule has 0 unspecified atom stereocenters. The molecule has 0 radical (unpaired) electrons. The maximum Gasteiger partial charge on any atom is 0.220 e. The van der Waals surface area contributed by atoms with Crippen molar-refractivity contribution < 1.29 is 17.9 Å². The molecule has 1 fully saturated rings. The SMILES string of the molecule is COc1ccc(CC[C@H](C)NC(=O)C[C@H]2CCS(=O)(=O)C2)cc1. The first-order valence-electron chi connectivity index (χ1n) is 8.00. The first-order valence-corrected chi connectivity index (χ1v) is 9.83. The summed E-state index contributed by atoms with van der Waals surface area (Å²) in [6.45, 7) is 1.98. The molecule has 5 nitrogen and oxygen atoms in total. The molecule has 0 bridgehead atoms. The van der Waals surface area contributed by atoms with Crippen LogP contribution in [0.3, 0.4) is 0 Å². The number of ether oxygens (including phenoxy) is 1. The molecule has 6 heteroatoms. The van der Waals surface area contributed by atoms with E-state index in [9.17, 15) is 13.2 Å². The smallest absolute Gasteiger partial charge is 0.220 e. The molecular weight excluding hydrogens is 314 g/mol. The van der Waals surface area contributed by atoms with Crippen molar-refractivity contribution in [3.63, 3.8) is 0 Å². The maximum atomic E-state index is 12.0. The number of hydrogen-bond donors (Lipinski definition) is 1. The van der Waals surface area contributed by atoms with E-state index in [-0.39, 0.29) is 29.4 Å². The average Bonchev–Trinajstić information content (AvgIpc) is 2.84. The van der Waals surface area contributed by atoms with Crippen molar-refractivity contribution in [2.45, 2.75) is 38.6 Å². The largest absolute Gasteiger partial charge is 0.497 e. The highest BCUT2D eigenvalue weighted by Crippen LogP contribution is 2.21. The highest BCUT2D eigenvalue weighted by molar-refractivity contribution is 7.91. The van der Waals surface area contributed by atoms with Gasteiger partial charge < -0.3 is 10.1 Å². The van der Waals surface area contributed by atoms with Crippen LogP contribution in [0.15, 0.2) is 24.3 Å². The second-order valence-electron chi connectivity index (χ2n) is 6.33. The maximum absolute atomic E-state index is 12.0. The zero-order chi connectivity index (χ0) is 16.9. The van der Waals surface area contributed by atoms with Gasteiger partial charge in [-0.25, -0.2) is 8.42 Å². The third-order valence-electron chi connectivity index (χ3n) is 4.23. The van der Waals surface area contributed by atoms with Crippen molar-refractivity contribution in [3.8, 4) is 5.75 Å². The molecule has 128 valence electrons. The zero-order valence-corrected chi connectivity index (χ0v) is 14.6. The van der Waals surface area contributed by atoms with Crippen LogP contribution in [0.5, 0.6) is 5.75 Å². The molecule has 0 saturated carbocycles. The van der Waals surface area contributed by atoms with E-state index in [4.69, 9.17) is 4.74 Å². The lowest BCUT2D eigenvalue weighted by molar-refractivity contribution is -0.122. The van der Waals surface area contributed by atoms with E-state index in [0.29, 0.717) is 12.8 Å². The number of rotatable bonds is 7. The van der Waals surface area contributed by atoms with E-state index in [2.05, 4.69) is 5.32 Å². The lowest BCUT2D eigenvalue weighted by Crippen LogP contribution is -2.34. The van der Waals surface area contributed by atoms with Gasteiger partial charge in [-0.05, 0) is 49.8 Å². The summed E-state index contributed by atoms with van der Waals surface area (Å²) in [7, 11) is -1.27. The number of methoxy groups -OCH3 is 1. The van der Waals surface area contributed by atoms with Gasteiger partial charge in [0.15, 0.2) is 9.84 Å². The van der Waals surface area contributed by atoms with Gasteiger partial charge in [0.05, 0.1) is 18.6 Å². The van der Waals surface area contributed by atoms with Gasteiger partial charge in [0.2, 0.25) is 5.91 Å². The number of benzene rings is 1. The van der Waals surface area contributed by atoms with E-state index in [0.717, 1.165) is 18.6 Å². The Hall–Kier alpha value is -1.56. The minimum atomic E-state index is -2.91. The van der Waals surface area contributed by atoms with Gasteiger partial charge in [0.1, 0.15) is 5.75 Å². The van der Waals surface area contributed by atoms with E-state index in [1.54, 1.807) is 7.11 Å². The normalized spacial score (nSPS) is 20.9. The number of nitrogens with one attached hydrogen (secondary N) is 1. The summed E-state index contributed by atoms with van der Waals surface area (Å²) in [5, 5.41) is 2.97. The van der Waals surface area contributed by atoms with Crippen molar-refractivity contribution in [1.29, 1.82) is 0 Å². The standard InChI is InChI=1S/C17H25NO4S/c1-13(3-4-14-5-7-16(22-2)8-6-14)18-17(19)11-15-9-10-23(20,21)12-15/h5-8,13,15H,3-4,9-12H2,1-2H3,(H,18,19)/t13-,15+/m0/s1. The second-order valence-corrected chi connectivity index (χ2v) is 8.56. The number of aryl methyl sites for hydroxylation is 1. The minimum absolute atomic E-state index is 0.0196. The third kappa shape index (κ3) is 5.86. The Morgan fingerprint density at radius 1 is 1.35 bits per heavy atom. The number of carbonyl (C=O) groups is 1. The fraction of sp³-hybridized carbons (Fsp3) is 0.588. The summed E-state index contributed by atoms with van der Waals surface area (Å²) in [4.78, 5) is 12.0. The van der Waals surface area contributed by atoms with Gasteiger partial charge in [0, 0.05) is 12.5 Å². The highest BCUT2D eigenvalue weighted by atomic mass is 32.2. The van der Waals surface area contributed by atoms with E-state index >= 15 is 0 Å². The molecule has 1 amide bonds. The van der Waals surface area contributed by atoms with Crippen molar-refractivity contribution in [2.75, 3.05) is 18.6 Å². The molecule has 1 aliphatic heterocycles. The van der Waals surface area contributed by atoms with Crippen LogP contribution in [0.1, 0.15) is 31.7 Å². The Balaban J connectivity index is 1.71. The summed E-state index contributed by atoms with van der Waals surface area (Å²) < 4.78 is 27.9. The summed E-state index contributed by atoms with van der Waals surface area (Å²) in [6.07, 6.45) is 2.65. The van der Waals surface area contributed by atoms with Crippen LogP contribution < -0.4 is 10.1 Å². The molecule has 23 heavy (non-hydrogen) atoms. The van der Waals surface area contributed by atoms with Crippen molar-refractivity contribution in [2.24, 2.45) is 5.92 Å². The molecule has 1 saturated heterocycles. The Bertz CT molecular complexity index is 624. The fourth-order valence-electron chi connectivity index (χ4n) is 2.88. The van der Waals surface area contributed by atoms with E-state index in [1.165, 1.54) is 5.56 Å². The lowest BCUT2D eigenvalue weighted by Gasteiger charge is -2.15. The molecule has 1 aromatic rings. The molecule has 0 spiro atoms. The topological polar surface area (TPSA) is 72.5 Å². The summed E-state index contributed by atoms with van der Waals surface area (Å²) in [6, 6.07) is 7.98. The van der Waals surface area contributed by atoms with Crippen LogP contribution in [0.2, 0.25) is 0 Å². The van der Waals surface area contributed by atoms with Gasteiger partial charge >= 0.3 is 0 Å². The van der Waals surface area contributed by atoms with Crippen molar-refractivity contribution in [1.82, 2.24) is 5.32 Å². The molecule has 0 aliphatic carbocycles. The molecule has 2 atom stereocenters. The zero-order valence-electron chi connectivity index (χ0n) is 13.7. The number of carbonyl (C=O) groups excluding carboxylic acids is 1. The Kier molecular flexibility index (Phi) is 6.04. The average molecular weight is 339 g/mol. The van der Waals surface area contributed by atoms with Crippen LogP contribution in [-0.2, 0) is 21.1 Å². The predicted molar refractivity (Wildman–Crippen MR) is 90.3 cm³/mol. The van der Waals surface area contributed by atoms with Crippen molar-refractivity contribution >= 4 is 15.7 Å². The van der Waals surface area contributed by atoms with Crippen LogP contribution in [0.4, 0.5) is 0 Å². The first-order chi connectivity index (χ1) is 10.9.